The highest BCUT2D eigenvalue weighted by atomic mass is 19.1. The summed E-state index contributed by atoms with van der Waals surface area (Å²) < 4.78 is 21.5. The lowest BCUT2D eigenvalue weighted by molar-refractivity contribution is -0.108. The fraction of sp³-hybridized carbons (Fsp3) is 0.514. The molecule has 5 atom stereocenters. The molecule has 48 heavy (non-hydrogen) atoms. The van der Waals surface area contributed by atoms with Crippen molar-refractivity contribution in [2.75, 3.05) is 32.1 Å². The summed E-state index contributed by atoms with van der Waals surface area (Å²) in [5.41, 5.74) is 2.07. The standard InChI is InChI=1S/C37H47FN8O2/c1-6-25-21-45(16-14-39-25)36(44-31-18-24-17-29(22(31)2)37(24,3)4)42-26-8-10-28-32(19-26)43-34(33-40-12-13-41-33)46(35(28)47)15-11-23-7-9-27(48-5)20-30(23)38/h7-10,12-13,19-20,22,24-25,29,31,39H,6,11,14-18,21H2,1-5H3,(H,40,41)(H,42,44)/t22-,24-,25-,29+,31-/m0/s1. The van der Waals surface area contributed by atoms with E-state index in [4.69, 9.17) is 14.7 Å². The molecule has 3 heterocycles. The van der Waals surface area contributed by atoms with Gasteiger partial charge in [-0.2, -0.15) is 0 Å². The van der Waals surface area contributed by atoms with Crippen LogP contribution < -0.4 is 20.9 Å². The number of aromatic nitrogens is 4. The highest BCUT2D eigenvalue weighted by molar-refractivity contribution is 5.96. The molecule has 0 amide bonds. The summed E-state index contributed by atoms with van der Waals surface area (Å²) in [7, 11) is 1.51. The van der Waals surface area contributed by atoms with Crippen LogP contribution in [0.2, 0.25) is 0 Å². The van der Waals surface area contributed by atoms with E-state index in [0.29, 0.717) is 69.5 Å². The number of aromatic amines is 1. The Hall–Kier alpha value is -4.25. The van der Waals surface area contributed by atoms with Gasteiger partial charge in [0.1, 0.15) is 11.6 Å². The lowest BCUT2D eigenvalue weighted by Crippen LogP contribution is -2.57. The van der Waals surface area contributed by atoms with Gasteiger partial charge in [-0.3, -0.25) is 9.36 Å². The fourth-order valence-electron chi connectivity index (χ4n) is 8.23. The van der Waals surface area contributed by atoms with E-state index in [-0.39, 0.29) is 24.0 Å². The highest BCUT2D eigenvalue weighted by Crippen LogP contribution is 2.61. The van der Waals surface area contributed by atoms with E-state index in [1.165, 1.54) is 19.6 Å². The summed E-state index contributed by atoms with van der Waals surface area (Å²) in [6.07, 6.45) is 7.12. The molecule has 4 aromatic rings. The SMILES string of the molecule is CC[C@H]1CN(C(=N[C@H]2C[C@@H]3C[C@H]([C@@H]2C)C3(C)C)Nc2ccc3c(=O)n(CCc4ccc(OC)cc4F)c(-c4ncc[nH]4)nc3c2)CCN1. The van der Waals surface area contributed by atoms with Crippen LogP contribution in [-0.4, -0.2) is 69.2 Å². The van der Waals surface area contributed by atoms with Gasteiger partial charge in [0, 0.05) is 56.4 Å². The normalized spacial score (nSPS) is 25.2. The molecule has 254 valence electrons. The molecule has 1 aliphatic heterocycles. The molecule has 4 aliphatic rings. The third-order valence-electron chi connectivity index (χ3n) is 11.4. The number of rotatable bonds is 8. The third kappa shape index (κ3) is 5.97. The average Bonchev–Trinajstić information content (AvgIpc) is 3.63. The van der Waals surface area contributed by atoms with Crippen LogP contribution in [-0.2, 0) is 13.0 Å². The third-order valence-corrected chi connectivity index (χ3v) is 11.4. The van der Waals surface area contributed by atoms with Crippen molar-refractivity contribution in [1.29, 1.82) is 0 Å². The van der Waals surface area contributed by atoms with Gasteiger partial charge in [0.05, 0.1) is 24.1 Å². The summed E-state index contributed by atoms with van der Waals surface area (Å²) in [6, 6.07) is 11.1. The smallest absolute Gasteiger partial charge is 0.261 e. The second kappa shape index (κ2) is 13.0. The lowest BCUT2D eigenvalue weighted by Gasteiger charge is -2.61. The fourth-order valence-corrected chi connectivity index (χ4v) is 8.23. The molecular formula is C37H47FN8O2. The van der Waals surface area contributed by atoms with Gasteiger partial charge in [0.15, 0.2) is 17.6 Å². The van der Waals surface area contributed by atoms with Crippen molar-refractivity contribution in [1.82, 2.24) is 29.7 Å². The van der Waals surface area contributed by atoms with Crippen molar-refractivity contribution in [3.63, 3.8) is 0 Å². The monoisotopic (exact) mass is 654 g/mol. The van der Waals surface area contributed by atoms with Crippen molar-refractivity contribution in [2.24, 2.45) is 28.2 Å². The number of halogens is 1. The highest BCUT2D eigenvalue weighted by Gasteiger charge is 2.56. The molecule has 0 spiro atoms. The molecule has 0 unspecified atom stereocenters. The Morgan fingerprint density at radius 2 is 2.06 bits per heavy atom. The Kier molecular flexibility index (Phi) is 8.74. The maximum absolute atomic E-state index is 14.8. The van der Waals surface area contributed by atoms with Crippen LogP contribution in [0.4, 0.5) is 10.1 Å². The molecule has 0 radical (unpaired) electrons. The molecule has 3 N–H and O–H groups in total. The molecule has 11 heteroatoms. The van der Waals surface area contributed by atoms with Crippen LogP contribution >= 0.6 is 0 Å². The van der Waals surface area contributed by atoms with Gasteiger partial charge in [-0.15, -0.1) is 0 Å². The number of imidazole rings is 1. The summed E-state index contributed by atoms with van der Waals surface area (Å²) >= 11 is 0. The van der Waals surface area contributed by atoms with Crippen LogP contribution in [0.25, 0.3) is 22.6 Å². The number of ether oxygens (including phenoxy) is 1. The van der Waals surface area contributed by atoms with Gasteiger partial charge >= 0.3 is 0 Å². The van der Waals surface area contributed by atoms with E-state index < -0.39 is 0 Å². The average molecular weight is 655 g/mol. The molecule has 4 fully saturated rings. The Balaban J connectivity index is 1.22. The van der Waals surface area contributed by atoms with E-state index in [1.807, 2.05) is 18.2 Å². The quantitative estimate of drug-likeness (QED) is 0.165. The first-order valence-electron chi connectivity index (χ1n) is 17.4. The predicted molar refractivity (Wildman–Crippen MR) is 188 cm³/mol. The number of aliphatic imine (C=N–C) groups is 1. The van der Waals surface area contributed by atoms with E-state index in [1.54, 1.807) is 29.1 Å². The van der Waals surface area contributed by atoms with Crippen LogP contribution in [0.1, 0.15) is 52.5 Å². The van der Waals surface area contributed by atoms with Crippen molar-refractivity contribution < 1.29 is 9.13 Å². The zero-order chi connectivity index (χ0) is 33.6. The lowest BCUT2D eigenvalue weighted by atomic mass is 9.45. The number of piperazine rings is 1. The van der Waals surface area contributed by atoms with Crippen molar-refractivity contribution >= 4 is 22.5 Å². The second-order valence-corrected chi connectivity index (χ2v) is 14.4. The van der Waals surface area contributed by atoms with Crippen molar-refractivity contribution in [3.8, 4) is 17.4 Å². The van der Waals surface area contributed by atoms with Gasteiger partial charge in [-0.05, 0) is 78.7 Å². The van der Waals surface area contributed by atoms with E-state index >= 15 is 0 Å². The molecule has 2 aromatic heterocycles. The first-order valence-corrected chi connectivity index (χ1v) is 17.4. The summed E-state index contributed by atoms with van der Waals surface area (Å²) in [5, 5.41) is 7.80. The number of H-pyrrole nitrogens is 1. The topological polar surface area (TPSA) is 112 Å². The number of benzene rings is 2. The van der Waals surface area contributed by atoms with Gasteiger partial charge in [0.25, 0.3) is 5.56 Å². The summed E-state index contributed by atoms with van der Waals surface area (Å²) in [5.74, 6) is 3.79. The number of aryl methyl sites for hydroxylation is 1. The Morgan fingerprint density at radius 1 is 1.21 bits per heavy atom. The maximum atomic E-state index is 14.8. The number of anilines is 1. The minimum Gasteiger partial charge on any atom is -0.497 e. The number of nitrogens with one attached hydrogen (secondary N) is 3. The van der Waals surface area contributed by atoms with Crippen LogP contribution in [0.5, 0.6) is 5.75 Å². The number of hydrogen-bond acceptors (Lipinski definition) is 6. The zero-order valence-electron chi connectivity index (χ0n) is 28.6. The molecule has 3 saturated carbocycles. The van der Waals surface area contributed by atoms with Gasteiger partial charge < -0.3 is 25.3 Å². The molecule has 10 nitrogen and oxygen atoms in total. The Bertz CT molecular complexity index is 1870. The number of nitrogens with zero attached hydrogens (tertiary/aromatic N) is 5. The molecule has 2 bridgehead atoms. The Morgan fingerprint density at radius 3 is 2.77 bits per heavy atom. The second-order valence-electron chi connectivity index (χ2n) is 14.4. The first kappa shape index (κ1) is 32.3. The van der Waals surface area contributed by atoms with Crippen molar-refractivity contribution in [3.05, 3.63) is 70.5 Å². The van der Waals surface area contributed by atoms with E-state index in [9.17, 15) is 9.18 Å². The first-order chi connectivity index (χ1) is 23.2. The van der Waals surface area contributed by atoms with Gasteiger partial charge in [0.2, 0.25) is 0 Å². The minimum absolute atomic E-state index is 0.202. The molecule has 8 rings (SSSR count). The Labute approximate surface area is 281 Å². The minimum atomic E-state index is -0.373. The maximum Gasteiger partial charge on any atom is 0.261 e. The summed E-state index contributed by atoms with van der Waals surface area (Å²) in [6.45, 7) is 12.3. The predicted octanol–water partition coefficient (Wildman–Crippen LogP) is 5.70. The van der Waals surface area contributed by atoms with Crippen LogP contribution in [0, 0.1) is 29.0 Å². The van der Waals surface area contributed by atoms with E-state index in [0.717, 1.165) is 44.1 Å². The van der Waals surface area contributed by atoms with Crippen LogP contribution in [0.15, 0.2) is 58.6 Å². The van der Waals surface area contributed by atoms with Gasteiger partial charge in [-0.1, -0.05) is 33.8 Å². The zero-order valence-corrected chi connectivity index (χ0v) is 28.6. The number of fused-ring (bicyclic) bond motifs is 3. The number of guanidine groups is 1. The van der Waals surface area contributed by atoms with Crippen LogP contribution in [0.3, 0.4) is 0 Å². The molecular weight excluding hydrogens is 607 g/mol. The van der Waals surface area contributed by atoms with Gasteiger partial charge in [-0.25, -0.2) is 19.4 Å². The summed E-state index contributed by atoms with van der Waals surface area (Å²) in [4.78, 5) is 34.3. The molecule has 2 aromatic carbocycles. The molecule has 3 aliphatic carbocycles. The number of hydrogen-bond donors (Lipinski definition) is 3. The number of methoxy groups -OCH3 is 1. The van der Waals surface area contributed by atoms with Crippen molar-refractivity contribution in [2.45, 2.75) is 72.0 Å². The van der Waals surface area contributed by atoms with E-state index in [2.05, 4.69) is 53.2 Å². The molecule has 1 saturated heterocycles. The largest absolute Gasteiger partial charge is 0.497 e.